The van der Waals surface area contributed by atoms with Gasteiger partial charge < -0.3 is 10.2 Å². The molecule has 0 atom stereocenters. The molecule has 0 aliphatic rings. The molecule has 2 N–H and O–H groups in total. The molecule has 1 rings (SSSR count). The van der Waals surface area contributed by atoms with E-state index in [1.54, 1.807) is 0 Å². The zero-order valence-electron chi connectivity index (χ0n) is 8.77. The maximum atomic E-state index is 9.44. The van der Waals surface area contributed by atoms with Gasteiger partial charge >= 0.3 is 0 Å². The lowest BCUT2D eigenvalue weighted by Crippen LogP contribution is -2.40. The van der Waals surface area contributed by atoms with E-state index in [1.807, 2.05) is 44.2 Å². The molecule has 1 aromatic rings. The van der Waals surface area contributed by atoms with Crippen molar-refractivity contribution < 1.29 is 10.2 Å². The zero-order chi connectivity index (χ0) is 10.6. The molecular formula is C12H18O2. The van der Waals surface area contributed by atoms with Crippen LogP contribution in [0.4, 0.5) is 0 Å². The van der Waals surface area contributed by atoms with Crippen molar-refractivity contribution in [1.82, 2.24) is 0 Å². The standard InChI is InChI=1S/C12H18O2/c1-10(2)12(8-13,9-14)11-6-4-3-5-7-11/h3-7,10,13-14H,8-9H2,1-2H3. The third-order valence-corrected chi connectivity index (χ3v) is 3.02. The summed E-state index contributed by atoms with van der Waals surface area (Å²) < 4.78 is 0. The summed E-state index contributed by atoms with van der Waals surface area (Å²) in [6.07, 6.45) is 0. The summed E-state index contributed by atoms with van der Waals surface area (Å²) in [5.41, 5.74) is 0.487. The van der Waals surface area contributed by atoms with E-state index >= 15 is 0 Å². The maximum absolute atomic E-state index is 9.44. The summed E-state index contributed by atoms with van der Waals surface area (Å²) in [5.74, 6) is 0.208. The molecule has 1 aromatic carbocycles. The predicted octanol–water partition coefficient (Wildman–Crippen LogP) is 1.56. The van der Waals surface area contributed by atoms with Crippen molar-refractivity contribution in [1.29, 1.82) is 0 Å². The van der Waals surface area contributed by atoms with Crippen molar-refractivity contribution in [3.05, 3.63) is 35.9 Å². The van der Waals surface area contributed by atoms with E-state index in [4.69, 9.17) is 0 Å². The Bertz CT molecular complexity index is 263. The van der Waals surface area contributed by atoms with Crippen molar-refractivity contribution in [2.24, 2.45) is 5.92 Å². The Labute approximate surface area is 85.2 Å². The Morgan fingerprint density at radius 1 is 1.07 bits per heavy atom. The smallest absolute Gasteiger partial charge is 0.0552 e. The third-order valence-electron chi connectivity index (χ3n) is 3.02. The molecule has 0 aliphatic carbocycles. The first-order chi connectivity index (χ1) is 6.67. The van der Waals surface area contributed by atoms with Crippen molar-refractivity contribution in [3.8, 4) is 0 Å². The first-order valence-corrected chi connectivity index (χ1v) is 4.94. The highest BCUT2D eigenvalue weighted by atomic mass is 16.3. The Hall–Kier alpha value is -0.860. The Morgan fingerprint density at radius 3 is 1.93 bits per heavy atom. The van der Waals surface area contributed by atoms with Gasteiger partial charge in [-0.05, 0) is 11.5 Å². The summed E-state index contributed by atoms with van der Waals surface area (Å²) in [7, 11) is 0. The Morgan fingerprint density at radius 2 is 1.57 bits per heavy atom. The van der Waals surface area contributed by atoms with Gasteiger partial charge in [0.1, 0.15) is 0 Å². The van der Waals surface area contributed by atoms with Crippen LogP contribution in [0.5, 0.6) is 0 Å². The van der Waals surface area contributed by atoms with Crippen LogP contribution in [0.15, 0.2) is 30.3 Å². The fraction of sp³-hybridized carbons (Fsp3) is 0.500. The molecule has 0 spiro atoms. The molecule has 0 bridgehead atoms. The molecule has 0 unspecified atom stereocenters. The monoisotopic (exact) mass is 194 g/mol. The van der Waals surface area contributed by atoms with Crippen LogP contribution in [-0.4, -0.2) is 23.4 Å². The highest BCUT2D eigenvalue weighted by Gasteiger charge is 2.34. The highest BCUT2D eigenvalue weighted by molar-refractivity contribution is 5.26. The normalized spacial score (nSPS) is 12.1. The van der Waals surface area contributed by atoms with Crippen LogP contribution in [-0.2, 0) is 5.41 Å². The van der Waals surface area contributed by atoms with Crippen molar-refractivity contribution in [2.75, 3.05) is 13.2 Å². The molecule has 0 saturated heterocycles. The molecule has 0 saturated carbocycles. The lowest BCUT2D eigenvalue weighted by atomic mass is 9.73. The molecule has 0 aliphatic heterocycles. The summed E-state index contributed by atoms with van der Waals surface area (Å²) in [4.78, 5) is 0. The minimum Gasteiger partial charge on any atom is -0.395 e. The second kappa shape index (κ2) is 4.58. The van der Waals surface area contributed by atoms with Crippen molar-refractivity contribution in [3.63, 3.8) is 0 Å². The van der Waals surface area contributed by atoms with Crippen LogP contribution in [0, 0.1) is 5.92 Å². The fourth-order valence-electron chi connectivity index (χ4n) is 1.70. The minimum absolute atomic E-state index is 0.0226. The van der Waals surface area contributed by atoms with Crippen molar-refractivity contribution >= 4 is 0 Å². The molecule has 0 amide bonds. The van der Waals surface area contributed by atoms with E-state index in [-0.39, 0.29) is 19.1 Å². The maximum Gasteiger partial charge on any atom is 0.0552 e. The number of aliphatic hydroxyl groups is 2. The largest absolute Gasteiger partial charge is 0.395 e. The molecule has 0 fully saturated rings. The summed E-state index contributed by atoms with van der Waals surface area (Å²) >= 11 is 0. The molecule has 0 heterocycles. The van der Waals surface area contributed by atoms with E-state index < -0.39 is 5.41 Å². The lowest BCUT2D eigenvalue weighted by Gasteiger charge is -2.34. The highest BCUT2D eigenvalue weighted by Crippen LogP contribution is 2.31. The van der Waals surface area contributed by atoms with Gasteiger partial charge in [-0.3, -0.25) is 0 Å². The summed E-state index contributed by atoms with van der Waals surface area (Å²) in [6.45, 7) is 3.98. The Kier molecular flexibility index (Phi) is 3.67. The first kappa shape index (κ1) is 11.2. The Balaban J connectivity index is 3.11. The van der Waals surface area contributed by atoms with Gasteiger partial charge in [0, 0.05) is 5.41 Å². The second-order valence-corrected chi connectivity index (χ2v) is 3.99. The van der Waals surface area contributed by atoms with Gasteiger partial charge in [-0.25, -0.2) is 0 Å². The van der Waals surface area contributed by atoms with Crippen LogP contribution in [0.1, 0.15) is 19.4 Å². The van der Waals surface area contributed by atoms with Gasteiger partial charge in [0.05, 0.1) is 13.2 Å². The van der Waals surface area contributed by atoms with Crippen molar-refractivity contribution in [2.45, 2.75) is 19.3 Å². The number of rotatable bonds is 4. The predicted molar refractivity (Wildman–Crippen MR) is 57.1 cm³/mol. The van der Waals surface area contributed by atoms with Crippen LogP contribution < -0.4 is 0 Å². The van der Waals surface area contributed by atoms with Gasteiger partial charge in [-0.2, -0.15) is 0 Å². The minimum atomic E-state index is -0.513. The number of hydrogen-bond donors (Lipinski definition) is 2. The van der Waals surface area contributed by atoms with Crippen LogP contribution >= 0.6 is 0 Å². The van der Waals surface area contributed by atoms with Crippen LogP contribution in [0.3, 0.4) is 0 Å². The van der Waals surface area contributed by atoms with Crippen LogP contribution in [0.25, 0.3) is 0 Å². The molecule has 78 valence electrons. The average molecular weight is 194 g/mol. The molecule has 2 nitrogen and oxygen atoms in total. The topological polar surface area (TPSA) is 40.5 Å². The molecular weight excluding hydrogens is 176 g/mol. The zero-order valence-corrected chi connectivity index (χ0v) is 8.77. The lowest BCUT2D eigenvalue weighted by molar-refractivity contribution is 0.0814. The fourth-order valence-corrected chi connectivity index (χ4v) is 1.70. The molecule has 0 radical (unpaired) electrons. The quantitative estimate of drug-likeness (QED) is 0.763. The summed E-state index contributed by atoms with van der Waals surface area (Å²) in [6, 6.07) is 9.69. The van der Waals surface area contributed by atoms with Gasteiger partial charge in [0.2, 0.25) is 0 Å². The van der Waals surface area contributed by atoms with E-state index in [0.29, 0.717) is 0 Å². The first-order valence-electron chi connectivity index (χ1n) is 4.94. The second-order valence-electron chi connectivity index (χ2n) is 3.99. The van der Waals surface area contributed by atoms with E-state index in [2.05, 4.69) is 0 Å². The number of hydrogen-bond acceptors (Lipinski definition) is 2. The summed E-state index contributed by atoms with van der Waals surface area (Å²) in [5, 5.41) is 18.9. The van der Waals surface area contributed by atoms with E-state index in [9.17, 15) is 10.2 Å². The molecule has 2 heteroatoms. The number of benzene rings is 1. The molecule has 14 heavy (non-hydrogen) atoms. The third kappa shape index (κ3) is 1.81. The van der Waals surface area contributed by atoms with E-state index in [0.717, 1.165) is 5.56 Å². The number of aliphatic hydroxyl groups excluding tert-OH is 2. The van der Waals surface area contributed by atoms with E-state index in [1.165, 1.54) is 0 Å². The van der Waals surface area contributed by atoms with Gasteiger partial charge in [-0.15, -0.1) is 0 Å². The van der Waals surface area contributed by atoms with Crippen LogP contribution in [0.2, 0.25) is 0 Å². The molecule has 0 aromatic heterocycles. The van der Waals surface area contributed by atoms with Gasteiger partial charge in [-0.1, -0.05) is 44.2 Å². The van der Waals surface area contributed by atoms with Gasteiger partial charge in [0.25, 0.3) is 0 Å². The average Bonchev–Trinajstić information content (AvgIpc) is 2.22. The van der Waals surface area contributed by atoms with Gasteiger partial charge in [0.15, 0.2) is 0 Å². The SMILES string of the molecule is CC(C)C(CO)(CO)c1ccccc1.